The summed E-state index contributed by atoms with van der Waals surface area (Å²) in [5, 5.41) is 7.67. The predicted molar refractivity (Wildman–Crippen MR) is 149 cm³/mol. The van der Waals surface area contributed by atoms with Gasteiger partial charge in [0.1, 0.15) is 10.6 Å². The van der Waals surface area contributed by atoms with E-state index in [1.54, 1.807) is 22.9 Å². The molecule has 206 valence electrons. The Morgan fingerprint density at radius 2 is 1.89 bits per heavy atom. The van der Waals surface area contributed by atoms with Crippen molar-refractivity contribution in [3.05, 3.63) is 36.0 Å². The van der Waals surface area contributed by atoms with Gasteiger partial charge in [0.25, 0.3) is 0 Å². The first-order valence-corrected chi connectivity index (χ1v) is 17.9. The summed E-state index contributed by atoms with van der Waals surface area (Å²) >= 11 is 0. The summed E-state index contributed by atoms with van der Waals surface area (Å²) in [6.45, 7) is 12.3. The minimum atomic E-state index is -3.45. The topological polar surface area (TPSA) is 99.5 Å². The van der Waals surface area contributed by atoms with Crippen LogP contribution in [0.1, 0.15) is 64.4 Å². The highest BCUT2D eigenvalue weighted by Crippen LogP contribution is 2.38. The number of methoxy groups -OCH3 is 1. The third kappa shape index (κ3) is 7.67. The summed E-state index contributed by atoms with van der Waals surface area (Å²) < 4.78 is 37.7. The number of aromatic nitrogens is 2. The molecule has 1 fully saturated rings. The number of amides is 1. The van der Waals surface area contributed by atoms with Gasteiger partial charge in [0.05, 0.1) is 26.2 Å². The van der Waals surface area contributed by atoms with E-state index in [1.807, 2.05) is 6.20 Å². The average Bonchev–Trinajstić information content (AvgIpc) is 3.47. The first-order valence-electron chi connectivity index (χ1n) is 13.1. The van der Waals surface area contributed by atoms with Crippen LogP contribution in [-0.2, 0) is 25.6 Å². The van der Waals surface area contributed by atoms with Gasteiger partial charge in [0.2, 0.25) is 5.91 Å². The van der Waals surface area contributed by atoms with E-state index >= 15 is 0 Å². The summed E-state index contributed by atoms with van der Waals surface area (Å²) in [5.41, 5.74) is 0.746. The number of nitrogens with zero attached hydrogens (tertiary/aromatic N) is 2. The Balaban J connectivity index is 1.74. The molecule has 0 bridgehead atoms. The minimum Gasteiger partial charge on any atom is -0.495 e. The molecule has 1 saturated carbocycles. The van der Waals surface area contributed by atoms with E-state index in [0.717, 1.165) is 24.7 Å². The Labute approximate surface area is 223 Å². The van der Waals surface area contributed by atoms with Gasteiger partial charge in [-0.1, -0.05) is 52.5 Å². The van der Waals surface area contributed by atoms with Crippen LogP contribution in [-0.4, -0.2) is 52.4 Å². The van der Waals surface area contributed by atoms with Crippen LogP contribution in [0.5, 0.6) is 5.75 Å². The largest absolute Gasteiger partial charge is 0.495 e. The molecular weight excluding hydrogens is 506 g/mol. The Kier molecular flexibility index (Phi) is 9.29. The number of rotatable bonds is 11. The van der Waals surface area contributed by atoms with Crippen LogP contribution in [0.3, 0.4) is 0 Å². The van der Waals surface area contributed by atoms with Crippen molar-refractivity contribution in [2.75, 3.05) is 25.3 Å². The highest BCUT2D eigenvalue weighted by Gasteiger charge is 2.37. The van der Waals surface area contributed by atoms with Crippen LogP contribution in [0, 0.1) is 5.92 Å². The molecule has 2 aromatic rings. The van der Waals surface area contributed by atoms with E-state index < -0.39 is 24.1 Å². The number of hydrogen-bond donors (Lipinski definition) is 1. The average molecular weight is 550 g/mol. The van der Waals surface area contributed by atoms with Crippen LogP contribution in [0.25, 0.3) is 0 Å². The lowest BCUT2D eigenvalue weighted by Crippen LogP contribution is -2.41. The monoisotopic (exact) mass is 549 g/mol. The summed E-state index contributed by atoms with van der Waals surface area (Å²) in [6.07, 6.45) is 8.26. The van der Waals surface area contributed by atoms with Gasteiger partial charge >= 0.3 is 0 Å². The maximum absolute atomic E-state index is 13.5. The number of nitrogens with one attached hydrogen (secondary N) is 1. The Bertz CT molecular complexity index is 1180. The number of sulfone groups is 1. The van der Waals surface area contributed by atoms with Crippen molar-refractivity contribution in [1.82, 2.24) is 9.78 Å². The zero-order valence-electron chi connectivity index (χ0n) is 23.3. The summed E-state index contributed by atoms with van der Waals surface area (Å²) in [6, 6.07) is 6.75. The molecule has 1 aromatic carbocycles. The maximum atomic E-state index is 13.5. The molecule has 0 saturated heterocycles. The minimum absolute atomic E-state index is 0.123. The molecule has 8 nitrogen and oxygen atoms in total. The zero-order valence-corrected chi connectivity index (χ0v) is 25.2. The Morgan fingerprint density at radius 3 is 2.49 bits per heavy atom. The van der Waals surface area contributed by atoms with Gasteiger partial charge in [-0.15, -0.1) is 0 Å². The number of anilines is 1. The molecule has 1 N–H and O–H groups in total. The third-order valence-electron chi connectivity index (χ3n) is 7.83. The van der Waals surface area contributed by atoms with Gasteiger partial charge in [0.15, 0.2) is 24.0 Å². The van der Waals surface area contributed by atoms with E-state index in [2.05, 4.69) is 44.3 Å². The van der Waals surface area contributed by atoms with E-state index in [-0.39, 0.29) is 21.6 Å². The first-order chi connectivity index (χ1) is 17.2. The molecule has 1 amide bonds. The lowest BCUT2D eigenvalue weighted by molar-refractivity contribution is -0.118. The van der Waals surface area contributed by atoms with Gasteiger partial charge < -0.3 is 14.5 Å². The van der Waals surface area contributed by atoms with Gasteiger partial charge in [-0.25, -0.2) is 8.42 Å². The number of ether oxygens (including phenoxy) is 1. The molecule has 37 heavy (non-hydrogen) atoms. The van der Waals surface area contributed by atoms with Crippen molar-refractivity contribution in [2.24, 2.45) is 5.92 Å². The molecule has 1 atom stereocenters. The predicted octanol–water partition coefficient (Wildman–Crippen LogP) is 5.62. The summed E-state index contributed by atoms with van der Waals surface area (Å²) in [4.78, 5) is 13.6. The molecular formula is C27H43N3O5SSi. The molecule has 10 heteroatoms. The number of benzene rings is 1. The lowest BCUT2D eigenvalue weighted by Gasteiger charge is -2.36. The molecule has 1 aromatic heterocycles. The standard InChI is InChI=1S/C27H43N3O5SSi/c1-27(2,3)37(6,7)35-17-16-30-15-14-25(29-30)28-26(31)22(18-20-10-8-9-11-20)21-12-13-24(36(5,32)33)23(19-21)34-4/h12-15,19-20,22H,8-11,16-18H2,1-7H3,(H,28,29,31). The fraction of sp³-hybridized carbons (Fsp3) is 0.630. The van der Waals surface area contributed by atoms with Crippen LogP contribution >= 0.6 is 0 Å². The van der Waals surface area contributed by atoms with Crippen molar-refractivity contribution >= 4 is 29.9 Å². The highest BCUT2D eigenvalue weighted by atomic mass is 32.2. The molecule has 1 heterocycles. The van der Waals surface area contributed by atoms with Crippen LogP contribution in [0.15, 0.2) is 35.4 Å². The Hall–Kier alpha value is -2.17. The van der Waals surface area contributed by atoms with E-state index in [1.165, 1.54) is 26.0 Å². The van der Waals surface area contributed by atoms with Crippen LogP contribution in [0.2, 0.25) is 18.1 Å². The second-order valence-electron chi connectivity index (χ2n) is 11.7. The highest BCUT2D eigenvalue weighted by molar-refractivity contribution is 7.90. The Morgan fingerprint density at radius 1 is 1.22 bits per heavy atom. The second-order valence-corrected chi connectivity index (χ2v) is 18.5. The lowest BCUT2D eigenvalue weighted by atomic mass is 9.87. The van der Waals surface area contributed by atoms with E-state index in [4.69, 9.17) is 9.16 Å². The first kappa shape index (κ1) is 29.4. The van der Waals surface area contributed by atoms with Crippen molar-refractivity contribution in [3.63, 3.8) is 0 Å². The van der Waals surface area contributed by atoms with Crippen molar-refractivity contribution in [3.8, 4) is 5.75 Å². The van der Waals surface area contributed by atoms with E-state index in [9.17, 15) is 13.2 Å². The smallest absolute Gasteiger partial charge is 0.233 e. The van der Waals surface area contributed by atoms with Crippen LogP contribution < -0.4 is 10.1 Å². The van der Waals surface area contributed by atoms with Crippen molar-refractivity contribution in [1.29, 1.82) is 0 Å². The van der Waals surface area contributed by atoms with Gasteiger partial charge in [0, 0.05) is 18.5 Å². The SMILES string of the molecule is COc1cc(C(CC2CCCC2)C(=O)Nc2ccn(CCO[Si](C)(C)C(C)(C)C)n2)ccc1S(C)(=O)=O. The number of carbonyl (C=O) groups excluding carboxylic acids is 1. The van der Waals surface area contributed by atoms with Crippen LogP contribution in [0.4, 0.5) is 5.82 Å². The molecule has 3 rings (SSSR count). The summed E-state index contributed by atoms with van der Waals surface area (Å²) in [5.74, 6) is 0.631. The number of carbonyl (C=O) groups is 1. The molecule has 0 radical (unpaired) electrons. The fourth-order valence-corrected chi connectivity index (χ4v) is 6.42. The number of hydrogen-bond acceptors (Lipinski definition) is 6. The third-order valence-corrected chi connectivity index (χ3v) is 13.5. The molecule has 1 aliphatic carbocycles. The van der Waals surface area contributed by atoms with Gasteiger partial charge in [-0.2, -0.15) is 5.10 Å². The van der Waals surface area contributed by atoms with Crippen molar-refractivity contribution < 1.29 is 22.4 Å². The molecule has 1 aliphatic rings. The van der Waals surface area contributed by atoms with Gasteiger partial charge in [-0.05, 0) is 48.2 Å². The molecule has 1 unspecified atom stereocenters. The zero-order chi connectivity index (χ0) is 27.4. The maximum Gasteiger partial charge on any atom is 0.233 e. The van der Waals surface area contributed by atoms with E-state index in [0.29, 0.717) is 31.3 Å². The van der Waals surface area contributed by atoms with Gasteiger partial charge in [-0.3, -0.25) is 9.48 Å². The second kappa shape index (κ2) is 11.7. The fourth-order valence-electron chi connectivity index (χ4n) is 4.56. The van der Waals surface area contributed by atoms with Crippen molar-refractivity contribution in [2.45, 2.75) is 88.4 Å². The quantitative estimate of drug-likeness (QED) is 0.365. The normalized spacial score (nSPS) is 16.1. The molecule has 0 aliphatic heterocycles. The summed E-state index contributed by atoms with van der Waals surface area (Å²) in [7, 11) is -3.83. The molecule has 0 spiro atoms.